The van der Waals surface area contributed by atoms with Gasteiger partial charge in [-0.3, -0.25) is 9.79 Å². The average molecular weight is 499 g/mol. The van der Waals surface area contributed by atoms with Gasteiger partial charge in [-0.1, -0.05) is 20.8 Å². The number of aliphatic imine (C=N–C) groups is 1. The monoisotopic (exact) mass is 499 g/mol. The Morgan fingerprint density at radius 1 is 1.00 bits per heavy atom. The third kappa shape index (κ3) is 12.7. The molecule has 0 rings (SSSR count). The van der Waals surface area contributed by atoms with Gasteiger partial charge in [-0.15, -0.1) is 24.0 Å². The standard InChI is InChI=1S/C18H37N5O3.HI/c1-8-11-20-14(24)12-21-15(19-7)22-13-18(9-2,10-3)23-16(25)26-17(4,5)6;/h8-13H2,1-7H3,(H,20,24)(H,23,25)(H2,19,21,22);1H. The molecule has 0 aromatic carbocycles. The van der Waals surface area contributed by atoms with E-state index in [2.05, 4.69) is 26.3 Å². The maximum atomic E-state index is 12.2. The zero-order valence-corrected chi connectivity index (χ0v) is 20.2. The molecule has 9 heteroatoms. The second-order valence-corrected chi connectivity index (χ2v) is 7.24. The molecule has 8 nitrogen and oxygen atoms in total. The molecule has 0 unspecified atom stereocenters. The van der Waals surface area contributed by atoms with Gasteiger partial charge < -0.3 is 26.0 Å². The topological polar surface area (TPSA) is 104 Å². The van der Waals surface area contributed by atoms with Crippen molar-refractivity contribution < 1.29 is 14.3 Å². The van der Waals surface area contributed by atoms with E-state index in [9.17, 15) is 9.59 Å². The number of alkyl carbamates (subject to hydrolysis) is 1. The predicted molar refractivity (Wildman–Crippen MR) is 121 cm³/mol. The van der Waals surface area contributed by atoms with Gasteiger partial charge in [-0.05, 0) is 40.0 Å². The maximum absolute atomic E-state index is 12.2. The molecular weight excluding hydrogens is 461 g/mol. The van der Waals surface area contributed by atoms with Crippen molar-refractivity contribution in [2.45, 2.75) is 71.9 Å². The zero-order valence-electron chi connectivity index (χ0n) is 17.8. The summed E-state index contributed by atoms with van der Waals surface area (Å²) in [5.41, 5.74) is -1.02. The lowest BCUT2D eigenvalue weighted by atomic mass is 9.93. The molecule has 0 aromatic heterocycles. The van der Waals surface area contributed by atoms with Gasteiger partial charge in [0.05, 0.1) is 12.1 Å². The number of guanidine groups is 1. The van der Waals surface area contributed by atoms with Crippen molar-refractivity contribution in [1.82, 2.24) is 21.3 Å². The summed E-state index contributed by atoms with van der Waals surface area (Å²) in [6.07, 6.45) is 1.91. The smallest absolute Gasteiger partial charge is 0.408 e. The number of rotatable bonds is 9. The molecule has 0 spiro atoms. The highest BCUT2D eigenvalue weighted by atomic mass is 127. The molecule has 2 amide bonds. The minimum atomic E-state index is -0.547. The number of hydrogen-bond acceptors (Lipinski definition) is 4. The normalized spacial score (nSPS) is 11.9. The van der Waals surface area contributed by atoms with Gasteiger partial charge in [0.2, 0.25) is 5.91 Å². The lowest BCUT2D eigenvalue weighted by molar-refractivity contribution is -0.120. The van der Waals surface area contributed by atoms with Crippen molar-refractivity contribution in [2.24, 2.45) is 4.99 Å². The van der Waals surface area contributed by atoms with E-state index in [1.807, 2.05) is 41.5 Å². The van der Waals surface area contributed by atoms with E-state index in [1.54, 1.807) is 7.05 Å². The van der Waals surface area contributed by atoms with Crippen LogP contribution in [-0.4, -0.2) is 55.8 Å². The van der Waals surface area contributed by atoms with Gasteiger partial charge in [0.1, 0.15) is 5.60 Å². The van der Waals surface area contributed by atoms with Crippen LogP contribution in [0.4, 0.5) is 4.79 Å². The van der Waals surface area contributed by atoms with E-state index < -0.39 is 17.2 Å². The molecule has 0 radical (unpaired) electrons. The Morgan fingerprint density at radius 2 is 1.59 bits per heavy atom. The first kappa shape index (κ1) is 28.0. The fraction of sp³-hybridized carbons (Fsp3) is 0.833. The van der Waals surface area contributed by atoms with Crippen LogP contribution < -0.4 is 21.3 Å². The quantitative estimate of drug-likeness (QED) is 0.222. The number of nitrogens with zero attached hydrogens (tertiary/aromatic N) is 1. The van der Waals surface area contributed by atoms with E-state index in [0.717, 1.165) is 19.3 Å². The molecule has 0 aliphatic rings. The Bertz CT molecular complexity index is 474. The number of ether oxygens (including phenoxy) is 1. The number of carbonyl (C=O) groups excluding carboxylic acids is 2. The van der Waals surface area contributed by atoms with E-state index >= 15 is 0 Å². The van der Waals surface area contributed by atoms with Crippen molar-refractivity contribution in [3.8, 4) is 0 Å². The molecule has 0 bridgehead atoms. The maximum Gasteiger partial charge on any atom is 0.408 e. The van der Waals surface area contributed by atoms with Crippen molar-refractivity contribution >= 4 is 41.9 Å². The van der Waals surface area contributed by atoms with Crippen LogP contribution in [0.25, 0.3) is 0 Å². The van der Waals surface area contributed by atoms with Crippen LogP contribution in [0.1, 0.15) is 60.8 Å². The minimum absolute atomic E-state index is 0. The Hall–Kier alpha value is -1.26. The summed E-state index contributed by atoms with van der Waals surface area (Å²) in [6, 6.07) is 0. The first-order valence-electron chi connectivity index (χ1n) is 9.33. The number of halogens is 1. The highest BCUT2D eigenvalue weighted by Gasteiger charge is 2.30. The summed E-state index contributed by atoms with van der Waals surface area (Å²) in [5, 5.41) is 11.9. The van der Waals surface area contributed by atoms with Gasteiger partial charge in [-0.2, -0.15) is 0 Å². The third-order valence-electron chi connectivity index (χ3n) is 3.93. The summed E-state index contributed by atoms with van der Waals surface area (Å²) in [4.78, 5) is 28.0. The predicted octanol–water partition coefficient (Wildman–Crippen LogP) is 2.38. The molecule has 27 heavy (non-hydrogen) atoms. The van der Waals surface area contributed by atoms with Gasteiger partial charge in [-0.25, -0.2) is 4.79 Å². The zero-order chi connectivity index (χ0) is 20.2. The number of hydrogen-bond donors (Lipinski definition) is 4. The minimum Gasteiger partial charge on any atom is -0.444 e. The number of amides is 2. The second kappa shape index (κ2) is 13.8. The molecule has 0 heterocycles. The lowest BCUT2D eigenvalue weighted by Crippen LogP contribution is -2.57. The summed E-state index contributed by atoms with van der Waals surface area (Å²) in [6.45, 7) is 12.8. The van der Waals surface area contributed by atoms with Crippen LogP contribution in [0.2, 0.25) is 0 Å². The first-order chi connectivity index (χ1) is 12.1. The van der Waals surface area contributed by atoms with Crippen LogP contribution in [0.5, 0.6) is 0 Å². The molecule has 0 saturated carbocycles. The van der Waals surface area contributed by atoms with Gasteiger partial charge in [0.15, 0.2) is 5.96 Å². The highest BCUT2D eigenvalue weighted by Crippen LogP contribution is 2.16. The summed E-state index contributed by atoms with van der Waals surface area (Å²) < 4.78 is 5.37. The Kier molecular flexibility index (Phi) is 14.3. The van der Waals surface area contributed by atoms with Crippen molar-refractivity contribution in [1.29, 1.82) is 0 Å². The largest absolute Gasteiger partial charge is 0.444 e. The Balaban J connectivity index is 0. The lowest BCUT2D eigenvalue weighted by Gasteiger charge is -2.34. The van der Waals surface area contributed by atoms with Crippen molar-refractivity contribution in [2.75, 3.05) is 26.7 Å². The number of carbonyl (C=O) groups is 2. The van der Waals surface area contributed by atoms with Crippen LogP contribution in [0.15, 0.2) is 4.99 Å². The van der Waals surface area contributed by atoms with Gasteiger partial charge in [0.25, 0.3) is 0 Å². The van der Waals surface area contributed by atoms with Crippen LogP contribution in [-0.2, 0) is 9.53 Å². The Morgan fingerprint density at radius 3 is 2.04 bits per heavy atom. The van der Waals surface area contributed by atoms with Crippen LogP contribution in [0.3, 0.4) is 0 Å². The summed E-state index contributed by atoms with van der Waals surface area (Å²) >= 11 is 0. The van der Waals surface area contributed by atoms with Crippen LogP contribution in [0, 0.1) is 0 Å². The first-order valence-corrected chi connectivity index (χ1v) is 9.33. The third-order valence-corrected chi connectivity index (χ3v) is 3.93. The van der Waals surface area contributed by atoms with E-state index in [1.165, 1.54) is 0 Å². The van der Waals surface area contributed by atoms with Crippen molar-refractivity contribution in [3.05, 3.63) is 0 Å². The second-order valence-electron chi connectivity index (χ2n) is 7.24. The van der Waals surface area contributed by atoms with Gasteiger partial charge >= 0.3 is 6.09 Å². The van der Waals surface area contributed by atoms with Crippen molar-refractivity contribution in [3.63, 3.8) is 0 Å². The fourth-order valence-corrected chi connectivity index (χ4v) is 2.21. The summed E-state index contributed by atoms with van der Waals surface area (Å²) in [7, 11) is 1.64. The fourth-order valence-electron chi connectivity index (χ4n) is 2.21. The molecule has 0 aromatic rings. The molecule has 0 aliphatic heterocycles. The molecule has 4 N–H and O–H groups in total. The van der Waals surface area contributed by atoms with E-state index in [4.69, 9.17) is 4.74 Å². The molecule has 0 aliphatic carbocycles. The van der Waals surface area contributed by atoms with E-state index in [-0.39, 0.29) is 36.4 Å². The van der Waals surface area contributed by atoms with Gasteiger partial charge in [0, 0.05) is 20.1 Å². The molecular formula is C18H38IN5O3. The SMILES string of the molecule is CCCNC(=O)CNC(=NC)NCC(CC)(CC)NC(=O)OC(C)(C)C.I. The number of nitrogens with one attached hydrogen (secondary N) is 4. The van der Waals surface area contributed by atoms with E-state index in [0.29, 0.717) is 19.0 Å². The Labute approximate surface area is 181 Å². The highest BCUT2D eigenvalue weighted by molar-refractivity contribution is 14.0. The van der Waals surface area contributed by atoms with Crippen LogP contribution >= 0.6 is 24.0 Å². The molecule has 0 saturated heterocycles. The molecule has 0 atom stereocenters. The average Bonchev–Trinajstić information content (AvgIpc) is 2.57. The molecule has 0 fully saturated rings. The summed E-state index contributed by atoms with van der Waals surface area (Å²) in [5.74, 6) is 0.424. The molecule has 160 valence electrons.